The molecular weight excluding hydrogens is 386 g/mol. The predicted octanol–water partition coefficient (Wildman–Crippen LogP) is 6.44. The number of aryl methyl sites for hydroxylation is 1. The van der Waals surface area contributed by atoms with E-state index in [2.05, 4.69) is 64.6 Å². The largest absolute Gasteiger partial charge is 0.378 e. The first-order chi connectivity index (χ1) is 12.7. The van der Waals surface area contributed by atoms with Crippen LogP contribution in [0, 0.1) is 0 Å². The SMILES string of the molecule is CCc1ccc(NC(CC(=O)c2ccccc2)c2cccc(Br)c2)cc1. The molecular formula is C23H22BrNO. The smallest absolute Gasteiger partial charge is 0.165 e. The highest BCUT2D eigenvalue weighted by atomic mass is 79.9. The van der Waals surface area contributed by atoms with Gasteiger partial charge in [0.05, 0.1) is 6.04 Å². The van der Waals surface area contributed by atoms with Gasteiger partial charge in [-0.2, -0.15) is 0 Å². The zero-order valence-electron chi connectivity index (χ0n) is 14.8. The summed E-state index contributed by atoms with van der Waals surface area (Å²) < 4.78 is 1.01. The Balaban J connectivity index is 1.84. The average Bonchev–Trinajstić information content (AvgIpc) is 2.68. The van der Waals surface area contributed by atoms with Gasteiger partial charge in [0.2, 0.25) is 0 Å². The molecule has 0 saturated heterocycles. The number of Topliss-reactive ketones (excluding diaryl/α,β-unsaturated/α-hetero) is 1. The zero-order valence-corrected chi connectivity index (χ0v) is 16.4. The van der Waals surface area contributed by atoms with Crippen LogP contribution in [0.15, 0.2) is 83.3 Å². The normalized spacial score (nSPS) is 11.8. The second-order valence-corrected chi connectivity index (χ2v) is 7.21. The minimum absolute atomic E-state index is 0.0901. The minimum Gasteiger partial charge on any atom is -0.378 e. The predicted molar refractivity (Wildman–Crippen MR) is 112 cm³/mol. The number of anilines is 1. The Bertz CT molecular complexity index is 859. The molecule has 1 atom stereocenters. The molecule has 0 aromatic heterocycles. The van der Waals surface area contributed by atoms with Gasteiger partial charge in [-0.15, -0.1) is 0 Å². The Labute approximate surface area is 163 Å². The van der Waals surface area contributed by atoms with Gasteiger partial charge in [0, 0.05) is 22.1 Å². The Hall–Kier alpha value is -2.39. The van der Waals surface area contributed by atoms with Crippen molar-refractivity contribution in [2.24, 2.45) is 0 Å². The van der Waals surface area contributed by atoms with Crippen molar-refractivity contribution in [2.75, 3.05) is 5.32 Å². The van der Waals surface area contributed by atoms with Gasteiger partial charge in [0.1, 0.15) is 0 Å². The first kappa shape index (κ1) is 18.4. The molecule has 2 nitrogen and oxygen atoms in total. The fourth-order valence-corrected chi connectivity index (χ4v) is 3.36. The molecule has 0 aliphatic carbocycles. The fourth-order valence-electron chi connectivity index (χ4n) is 2.94. The van der Waals surface area contributed by atoms with E-state index in [-0.39, 0.29) is 11.8 Å². The summed E-state index contributed by atoms with van der Waals surface area (Å²) in [5.74, 6) is 0.133. The Kier molecular flexibility index (Phi) is 6.24. The summed E-state index contributed by atoms with van der Waals surface area (Å²) in [5.41, 5.74) is 4.15. The van der Waals surface area contributed by atoms with E-state index >= 15 is 0 Å². The van der Waals surface area contributed by atoms with Crippen LogP contribution in [0.2, 0.25) is 0 Å². The fraction of sp³-hybridized carbons (Fsp3) is 0.174. The van der Waals surface area contributed by atoms with Crippen LogP contribution in [-0.2, 0) is 6.42 Å². The van der Waals surface area contributed by atoms with Gasteiger partial charge in [0.25, 0.3) is 0 Å². The van der Waals surface area contributed by atoms with Gasteiger partial charge >= 0.3 is 0 Å². The summed E-state index contributed by atoms with van der Waals surface area (Å²) in [6.07, 6.45) is 1.41. The van der Waals surface area contributed by atoms with E-state index in [1.165, 1.54) is 5.56 Å². The maximum absolute atomic E-state index is 12.8. The maximum Gasteiger partial charge on any atom is 0.165 e. The van der Waals surface area contributed by atoms with Crippen LogP contribution in [0.5, 0.6) is 0 Å². The van der Waals surface area contributed by atoms with Gasteiger partial charge < -0.3 is 5.32 Å². The van der Waals surface area contributed by atoms with Gasteiger partial charge in [0.15, 0.2) is 5.78 Å². The van der Waals surface area contributed by atoms with Crippen molar-refractivity contribution in [2.45, 2.75) is 25.8 Å². The van der Waals surface area contributed by atoms with E-state index < -0.39 is 0 Å². The number of nitrogens with one attached hydrogen (secondary N) is 1. The molecule has 0 saturated carbocycles. The van der Waals surface area contributed by atoms with Crippen LogP contribution in [0.25, 0.3) is 0 Å². The molecule has 0 radical (unpaired) electrons. The van der Waals surface area contributed by atoms with Crippen LogP contribution >= 0.6 is 15.9 Å². The van der Waals surface area contributed by atoms with Gasteiger partial charge in [-0.3, -0.25) is 4.79 Å². The van der Waals surface area contributed by atoms with E-state index in [0.29, 0.717) is 6.42 Å². The van der Waals surface area contributed by atoms with Crippen LogP contribution in [0.4, 0.5) is 5.69 Å². The Morgan fingerprint density at radius 2 is 1.69 bits per heavy atom. The first-order valence-corrected chi connectivity index (χ1v) is 9.64. The molecule has 0 spiro atoms. The van der Waals surface area contributed by atoms with Crippen LogP contribution in [-0.4, -0.2) is 5.78 Å². The second-order valence-electron chi connectivity index (χ2n) is 6.30. The van der Waals surface area contributed by atoms with Gasteiger partial charge in [-0.05, 0) is 41.8 Å². The molecule has 1 unspecified atom stereocenters. The molecule has 3 heteroatoms. The summed E-state index contributed by atoms with van der Waals surface area (Å²) >= 11 is 3.53. The van der Waals surface area contributed by atoms with E-state index in [1.54, 1.807) is 0 Å². The van der Waals surface area contributed by atoms with E-state index in [4.69, 9.17) is 0 Å². The quantitative estimate of drug-likeness (QED) is 0.456. The second kappa shape index (κ2) is 8.81. The minimum atomic E-state index is -0.0901. The molecule has 0 heterocycles. The average molecular weight is 408 g/mol. The van der Waals surface area contributed by atoms with Crippen molar-refractivity contribution in [3.63, 3.8) is 0 Å². The molecule has 0 amide bonds. The van der Waals surface area contributed by atoms with Crippen molar-refractivity contribution in [3.05, 3.63) is 100 Å². The van der Waals surface area contributed by atoms with Gasteiger partial charge in [-0.1, -0.05) is 77.5 Å². The number of halogens is 1. The van der Waals surface area contributed by atoms with Gasteiger partial charge in [-0.25, -0.2) is 0 Å². The van der Waals surface area contributed by atoms with Crippen molar-refractivity contribution < 1.29 is 4.79 Å². The Morgan fingerprint density at radius 1 is 0.962 bits per heavy atom. The molecule has 26 heavy (non-hydrogen) atoms. The molecule has 1 N–H and O–H groups in total. The topological polar surface area (TPSA) is 29.1 Å². The lowest BCUT2D eigenvalue weighted by atomic mass is 9.97. The lowest BCUT2D eigenvalue weighted by Gasteiger charge is -2.20. The van der Waals surface area contributed by atoms with Crippen LogP contribution < -0.4 is 5.32 Å². The van der Waals surface area contributed by atoms with Crippen molar-refractivity contribution in [1.82, 2.24) is 0 Å². The third kappa shape index (κ3) is 4.83. The number of hydrogen-bond acceptors (Lipinski definition) is 2. The summed E-state index contributed by atoms with van der Waals surface area (Å²) in [6.45, 7) is 2.14. The highest BCUT2D eigenvalue weighted by Gasteiger charge is 2.17. The number of ketones is 1. The molecule has 0 bridgehead atoms. The lowest BCUT2D eigenvalue weighted by molar-refractivity contribution is 0.0976. The summed E-state index contributed by atoms with van der Waals surface area (Å²) in [5, 5.41) is 3.53. The molecule has 0 aliphatic rings. The number of hydrogen-bond donors (Lipinski definition) is 1. The standard InChI is InChI=1S/C23H22BrNO/c1-2-17-11-13-21(14-12-17)25-22(19-9-6-10-20(24)15-19)16-23(26)18-7-4-3-5-8-18/h3-15,22,25H,2,16H2,1H3. The van der Waals surface area contributed by atoms with E-state index in [9.17, 15) is 4.79 Å². The van der Waals surface area contributed by atoms with E-state index in [0.717, 1.165) is 27.7 Å². The monoisotopic (exact) mass is 407 g/mol. The van der Waals surface area contributed by atoms with Crippen molar-refractivity contribution in [3.8, 4) is 0 Å². The number of carbonyl (C=O) groups is 1. The molecule has 3 rings (SSSR count). The lowest BCUT2D eigenvalue weighted by Crippen LogP contribution is -2.16. The Morgan fingerprint density at radius 3 is 2.35 bits per heavy atom. The summed E-state index contributed by atoms with van der Waals surface area (Å²) in [4.78, 5) is 12.8. The molecule has 132 valence electrons. The molecule has 0 aliphatic heterocycles. The third-order valence-electron chi connectivity index (χ3n) is 4.44. The maximum atomic E-state index is 12.8. The molecule has 3 aromatic carbocycles. The zero-order chi connectivity index (χ0) is 18.4. The number of carbonyl (C=O) groups excluding carboxylic acids is 1. The summed E-state index contributed by atoms with van der Waals surface area (Å²) in [6, 6.07) is 25.9. The van der Waals surface area contributed by atoms with E-state index in [1.807, 2.05) is 42.5 Å². The molecule has 3 aromatic rings. The number of rotatable bonds is 7. The molecule has 0 fully saturated rings. The van der Waals surface area contributed by atoms with Crippen LogP contribution in [0.1, 0.15) is 40.9 Å². The third-order valence-corrected chi connectivity index (χ3v) is 4.93. The highest BCUT2D eigenvalue weighted by Crippen LogP contribution is 2.27. The highest BCUT2D eigenvalue weighted by molar-refractivity contribution is 9.10. The van der Waals surface area contributed by atoms with Crippen molar-refractivity contribution in [1.29, 1.82) is 0 Å². The summed E-state index contributed by atoms with van der Waals surface area (Å²) in [7, 11) is 0. The van der Waals surface area contributed by atoms with Crippen LogP contribution in [0.3, 0.4) is 0 Å². The number of benzene rings is 3. The first-order valence-electron chi connectivity index (χ1n) is 8.85. The van der Waals surface area contributed by atoms with Crippen molar-refractivity contribution >= 4 is 27.4 Å².